The summed E-state index contributed by atoms with van der Waals surface area (Å²) in [5, 5.41) is 3.37. The summed E-state index contributed by atoms with van der Waals surface area (Å²) in [5.41, 5.74) is 2.12. The van der Waals surface area contributed by atoms with Gasteiger partial charge in [-0.25, -0.2) is 4.79 Å². The topological polar surface area (TPSA) is 84.9 Å². The van der Waals surface area contributed by atoms with Crippen molar-refractivity contribution in [3.8, 4) is 5.75 Å². The molecule has 0 radical (unpaired) electrons. The molecule has 0 atom stereocenters. The molecule has 2 aliphatic carbocycles. The summed E-state index contributed by atoms with van der Waals surface area (Å²) in [4.78, 5) is 40.7. The number of nitrogens with zero attached hydrogens (tertiary/aromatic N) is 1. The van der Waals surface area contributed by atoms with Crippen molar-refractivity contribution >= 4 is 34.1 Å². The molecule has 0 saturated heterocycles. The summed E-state index contributed by atoms with van der Waals surface area (Å²) in [6, 6.07) is 7.77. The average molecular weight is 457 g/mol. The van der Waals surface area contributed by atoms with Gasteiger partial charge in [-0.2, -0.15) is 0 Å². The number of hydrogen-bond donors (Lipinski definition) is 1. The zero-order chi connectivity index (χ0) is 22.8. The highest BCUT2D eigenvalue weighted by Gasteiger charge is 2.34. The number of methoxy groups -OCH3 is 1. The van der Waals surface area contributed by atoms with Crippen molar-refractivity contribution in [1.29, 1.82) is 0 Å². The first-order chi connectivity index (χ1) is 15.4. The molecule has 2 aromatic rings. The molecule has 4 rings (SSSR count). The summed E-state index contributed by atoms with van der Waals surface area (Å²) in [6.07, 6.45) is 3.68. The van der Waals surface area contributed by atoms with Gasteiger partial charge in [-0.1, -0.05) is 12.1 Å². The summed E-state index contributed by atoms with van der Waals surface area (Å²) in [6.45, 7) is 3.87. The molecule has 2 amide bonds. The first kappa shape index (κ1) is 22.3. The third-order valence-corrected chi connectivity index (χ3v) is 7.04. The molecule has 170 valence electrons. The molecule has 32 heavy (non-hydrogen) atoms. The quantitative estimate of drug-likeness (QED) is 0.575. The maximum Gasteiger partial charge on any atom is 0.341 e. The molecule has 0 aliphatic heterocycles. The van der Waals surface area contributed by atoms with Gasteiger partial charge in [0.15, 0.2) is 6.61 Å². The van der Waals surface area contributed by atoms with Crippen LogP contribution >= 0.6 is 11.3 Å². The van der Waals surface area contributed by atoms with Crippen LogP contribution in [0.15, 0.2) is 24.3 Å². The largest absolute Gasteiger partial charge is 0.497 e. The third-order valence-electron chi connectivity index (χ3n) is 5.92. The van der Waals surface area contributed by atoms with Gasteiger partial charge in [0.25, 0.3) is 5.91 Å². The third kappa shape index (κ3) is 5.12. The predicted molar refractivity (Wildman–Crippen MR) is 122 cm³/mol. The van der Waals surface area contributed by atoms with Crippen LogP contribution in [-0.4, -0.2) is 42.4 Å². The normalized spacial score (nSPS) is 15.2. The van der Waals surface area contributed by atoms with Gasteiger partial charge in [-0.3, -0.25) is 9.59 Å². The molecule has 7 nitrogen and oxygen atoms in total. The Morgan fingerprint density at radius 1 is 1.09 bits per heavy atom. The number of aryl methyl sites for hydroxylation is 1. The minimum absolute atomic E-state index is 0.0354. The Morgan fingerprint density at radius 2 is 1.78 bits per heavy atom. The number of ether oxygens (including phenoxy) is 2. The van der Waals surface area contributed by atoms with Gasteiger partial charge < -0.3 is 19.7 Å². The monoisotopic (exact) mass is 456 g/mol. The summed E-state index contributed by atoms with van der Waals surface area (Å²) < 4.78 is 10.6. The van der Waals surface area contributed by atoms with Crippen molar-refractivity contribution in [3.63, 3.8) is 0 Å². The van der Waals surface area contributed by atoms with Gasteiger partial charge in [-0.05, 0) is 62.8 Å². The Kier molecular flexibility index (Phi) is 6.50. The highest BCUT2D eigenvalue weighted by molar-refractivity contribution is 7.16. The van der Waals surface area contributed by atoms with E-state index >= 15 is 0 Å². The molecular formula is C24H28N2O5S. The van der Waals surface area contributed by atoms with E-state index in [-0.39, 0.29) is 30.4 Å². The van der Waals surface area contributed by atoms with E-state index in [1.54, 1.807) is 12.0 Å². The van der Waals surface area contributed by atoms with Gasteiger partial charge in [0.2, 0.25) is 5.91 Å². The van der Waals surface area contributed by atoms with Crippen molar-refractivity contribution in [1.82, 2.24) is 4.90 Å². The number of hydrogen-bond acceptors (Lipinski definition) is 6. The second-order valence-corrected chi connectivity index (χ2v) is 9.65. The molecule has 8 heteroatoms. The van der Waals surface area contributed by atoms with E-state index in [4.69, 9.17) is 9.47 Å². The second kappa shape index (κ2) is 9.32. The van der Waals surface area contributed by atoms with E-state index < -0.39 is 5.97 Å². The van der Waals surface area contributed by atoms with E-state index in [0.717, 1.165) is 47.4 Å². The lowest BCUT2D eigenvalue weighted by Gasteiger charge is -2.22. The molecule has 2 fully saturated rings. The fourth-order valence-electron chi connectivity index (χ4n) is 3.54. The number of benzene rings is 1. The summed E-state index contributed by atoms with van der Waals surface area (Å²) >= 11 is 1.36. The molecule has 2 saturated carbocycles. The summed E-state index contributed by atoms with van der Waals surface area (Å²) in [7, 11) is 1.61. The SMILES string of the molecule is COc1ccc(CN(C(=O)COC(=O)c2c(NC(=O)C3CC3)sc(C)c2C)C2CC2)cc1. The second-order valence-electron chi connectivity index (χ2n) is 8.43. The van der Waals surface area contributed by atoms with Crippen LogP contribution in [0.3, 0.4) is 0 Å². The Morgan fingerprint density at radius 3 is 2.38 bits per heavy atom. The maximum atomic E-state index is 12.9. The average Bonchev–Trinajstić information content (AvgIpc) is 3.69. The van der Waals surface area contributed by atoms with Gasteiger partial charge in [0.05, 0.1) is 12.7 Å². The molecule has 0 unspecified atom stereocenters. The van der Waals surface area contributed by atoms with E-state index in [0.29, 0.717) is 17.1 Å². The van der Waals surface area contributed by atoms with Crippen molar-refractivity contribution in [3.05, 3.63) is 45.8 Å². The Labute approximate surface area is 191 Å². The van der Waals surface area contributed by atoms with Crippen molar-refractivity contribution < 1.29 is 23.9 Å². The molecule has 1 N–H and O–H groups in total. The first-order valence-electron chi connectivity index (χ1n) is 10.9. The fourth-order valence-corrected chi connectivity index (χ4v) is 4.59. The molecule has 1 aromatic heterocycles. The van der Waals surface area contributed by atoms with Crippen LogP contribution in [0, 0.1) is 19.8 Å². The molecule has 2 aliphatic rings. The number of nitrogens with one attached hydrogen (secondary N) is 1. The van der Waals surface area contributed by atoms with Gasteiger partial charge in [0, 0.05) is 23.4 Å². The van der Waals surface area contributed by atoms with Crippen molar-refractivity contribution in [2.45, 2.75) is 52.1 Å². The van der Waals surface area contributed by atoms with E-state index in [1.165, 1.54) is 11.3 Å². The zero-order valence-electron chi connectivity index (χ0n) is 18.6. The van der Waals surface area contributed by atoms with Crippen molar-refractivity contribution in [2.75, 3.05) is 19.0 Å². The standard InChI is InChI=1S/C24H28N2O5S/c1-14-15(2)32-23(25-22(28)17-6-7-17)21(14)24(29)31-13-20(27)26(18-8-9-18)12-16-4-10-19(30-3)11-5-16/h4-5,10-11,17-18H,6-9,12-13H2,1-3H3,(H,25,28). The highest BCUT2D eigenvalue weighted by atomic mass is 32.1. The molecular weight excluding hydrogens is 428 g/mol. The number of esters is 1. The molecule has 1 heterocycles. The number of carbonyl (C=O) groups is 3. The van der Waals surface area contributed by atoms with Crippen LogP contribution in [0.4, 0.5) is 5.00 Å². The number of carbonyl (C=O) groups excluding carboxylic acids is 3. The minimum Gasteiger partial charge on any atom is -0.497 e. The van der Waals surface area contributed by atoms with Crippen LogP contribution in [0.5, 0.6) is 5.75 Å². The molecule has 1 aromatic carbocycles. The lowest BCUT2D eigenvalue weighted by Crippen LogP contribution is -2.36. The van der Waals surface area contributed by atoms with Crippen LogP contribution in [-0.2, 0) is 20.9 Å². The van der Waals surface area contributed by atoms with Crippen LogP contribution in [0.25, 0.3) is 0 Å². The van der Waals surface area contributed by atoms with E-state index in [2.05, 4.69) is 5.32 Å². The van der Waals surface area contributed by atoms with Crippen LogP contribution in [0.1, 0.15) is 52.0 Å². The van der Waals surface area contributed by atoms with Crippen LogP contribution in [0.2, 0.25) is 0 Å². The van der Waals surface area contributed by atoms with Crippen molar-refractivity contribution in [2.24, 2.45) is 5.92 Å². The van der Waals surface area contributed by atoms with E-state index in [1.807, 2.05) is 38.1 Å². The highest BCUT2D eigenvalue weighted by Crippen LogP contribution is 2.36. The number of anilines is 1. The van der Waals surface area contributed by atoms with E-state index in [9.17, 15) is 14.4 Å². The smallest absolute Gasteiger partial charge is 0.341 e. The molecule has 0 bridgehead atoms. The first-order valence-corrected chi connectivity index (χ1v) is 11.7. The molecule has 0 spiro atoms. The number of amides is 2. The lowest BCUT2D eigenvalue weighted by atomic mass is 10.1. The Hall–Kier alpha value is -2.87. The summed E-state index contributed by atoms with van der Waals surface area (Å²) in [5.74, 6) is -0.0571. The maximum absolute atomic E-state index is 12.9. The fraction of sp³-hybridized carbons (Fsp3) is 0.458. The van der Waals surface area contributed by atoms with Gasteiger partial charge >= 0.3 is 5.97 Å². The predicted octanol–water partition coefficient (Wildman–Crippen LogP) is 4.07. The van der Waals surface area contributed by atoms with Gasteiger partial charge in [-0.15, -0.1) is 11.3 Å². The number of thiophene rings is 1. The Bertz CT molecular complexity index is 1020. The minimum atomic E-state index is -0.577. The lowest BCUT2D eigenvalue weighted by molar-refractivity contribution is -0.135. The van der Waals surface area contributed by atoms with Crippen LogP contribution < -0.4 is 10.1 Å². The van der Waals surface area contributed by atoms with Gasteiger partial charge in [0.1, 0.15) is 10.8 Å². The number of rotatable bonds is 9. The Balaban J connectivity index is 1.40. The zero-order valence-corrected chi connectivity index (χ0v) is 19.4.